The Hall–Kier alpha value is -1.96. The molecule has 3 rings (SSSR count). The maximum atomic E-state index is 11.4. The van der Waals surface area contributed by atoms with Gasteiger partial charge in [0.05, 0.1) is 4.92 Å². The molecule has 8 nitrogen and oxygen atoms in total. The van der Waals surface area contributed by atoms with Crippen LogP contribution in [0.15, 0.2) is 0 Å². The van der Waals surface area contributed by atoms with Crippen molar-refractivity contribution >= 4 is 17.5 Å². The van der Waals surface area contributed by atoms with E-state index < -0.39 is 4.92 Å². The first-order valence-corrected chi connectivity index (χ1v) is 7.22. The van der Waals surface area contributed by atoms with Crippen molar-refractivity contribution < 1.29 is 4.92 Å². The van der Waals surface area contributed by atoms with E-state index in [2.05, 4.69) is 21.9 Å². The molecule has 2 fully saturated rings. The summed E-state index contributed by atoms with van der Waals surface area (Å²) < 4.78 is 0. The van der Waals surface area contributed by atoms with Crippen molar-refractivity contribution in [2.24, 2.45) is 0 Å². The minimum atomic E-state index is -0.406. The van der Waals surface area contributed by atoms with Crippen LogP contribution in [-0.4, -0.2) is 52.0 Å². The van der Waals surface area contributed by atoms with Crippen LogP contribution in [0.5, 0.6) is 0 Å². The molecule has 2 N–H and O–H groups in total. The van der Waals surface area contributed by atoms with Gasteiger partial charge in [-0.15, -0.1) is 0 Å². The molecule has 0 amide bonds. The molecule has 8 heteroatoms. The van der Waals surface area contributed by atoms with Crippen molar-refractivity contribution in [1.82, 2.24) is 14.9 Å². The van der Waals surface area contributed by atoms with Crippen LogP contribution in [0.3, 0.4) is 0 Å². The molecule has 2 aliphatic heterocycles. The molecule has 2 unspecified atom stereocenters. The van der Waals surface area contributed by atoms with Crippen LogP contribution >= 0.6 is 0 Å². The number of anilines is 2. The lowest BCUT2D eigenvalue weighted by Gasteiger charge is -2.26. The van der Waals surface area contributed by atoms with Gasteiger partial charge in [-0.05, 0) is 33.2 Å². The molecule has 1 aromatic rings. The predicted molar refractivity (Wildman–Crippen MR) is 79.2 cm³/mol. The molecule has 1 aromatic heterocycles. The molecule has 3 heterocycles. The van der Waals surface area contributed by atoms with Gasteiger partial charge in [0.25, 0.3) is 0 Å². The first-order valence-electron chi connectivity index (χ1n) is 7.22. The Balaban J connectivity index is 1.98. The van der Waals surface area contributed by atoms with Crippen molar-refractivity contribution in [3.63, 3.8) is 0 Å². The zero-order chi connectivity index (χ0) is 15.1. The summed E-state index contributed by atoms with van der Waals surface area (Å²) in [5.74, 6) is 0.460. The van der Waals surface area contributed by atoms with E-state index in [9.17, 15) is 10.1 Å². The largest absolute Gasteiger partial charge is 0.368 e. The van der Waals surface area contributed by atoms with Crippen LogP contribution < -0.4 is 10.6 Å². The number of nitro groups is 1. The number of nitrogens with zero attached hydrogens (tertiary/aromatic N) is 5. The normalized spacial score (nSPS) is 25.9. The highest BCUT2D eigenvalue weighted by molar-refractivity contribution is 5.62. The van der Waals surface area contributed by atoms with E-state index in [1.54, 1.807) is 6.92 Å². The number of nitrogen functional groups attached to an aromatic ring is 1. The van der Waals surface area contributed by atoms with Gasteiger partial charge in [-0.1, -0.05) is 0 Å². The SMILES string of the molecule is Cc1nc(N)nc(N2CCC3CCC(C2)N3C)c1[N+](=O)[O-]. The van der Waals surface area contributed by atoms with Crippen LogP contribution in [0.2, 0.25) is 0 Å². The summed E-state index contributed by atoms with van der Waals surface area (Å²) in [5, 5.41) is 11.4. The highest BCUT2D eigenvalue weighted by Crippen LogP contribution is 2.34. The van der Waals surface area contributed by atoms with Crippen molar-refractivity contribution in [1.29, 1.82) is 0 Å². The van der Waals surface area contributed by atoms with Gasteiger partial charge < -0.3 is 10.6 Å². The van der Waals surface area contributed by atoms with Gasteiger partial charge in [-0.25, -0.2) is 4.98 Å². The lowest BCUT2D eigenvalue weighted by molar-refractivity contribution is -0.385. The van der Waals surface area contributed by atoms with Crippen LogP contribution in [0, 0.1) is 17.0 Å². The summed E-state index contributed by atoms with van der Waals surface area (Å²) in [4.78, 5) is 23.4. The number of aromatic nitrogens is 2. The zero-order valence-corrected chi connectivity index (χ0v) is 12.3. The lowest BCUT2D eigenvalue weighted by Crippen LogP contribution is -2.37. The summed E-state index contributed by atoms with van der Waals surface area (Å²) >= 11 is 0. The lowest BCUT2D eigenvalue weighted by atomic mass is 10.1. The summed E-state index contributed by atoms with van der Waals surface area (Å²) in [6.45, 7) is 3.13. The minimum Gasteiger partial charge on any atom is -0.368 e. The molecule has 2 saturated heterocycles. The number of fused-ring (bicyclic) bond motifs is 2. The summed E-state index contributed by atoms with van der Waals surface area (Å²) in [6, 6.07) is 0.993. The third-order valence-corrected chi connectivity index (χ3v) is 4.69. The topological polar surface area (TPSA) is 101 Å². The zero-order valence-electron chi connectivity index (χ0n) is 12.3. The molecular weight excluding hydrogens is 272 g/mol. The maximum absolute atomic E-state index is 11.4. The fraction of sp³-hybridized carbons (Fsp3) is 0.692. The highest BCUT2D eigenvalue weighted by atomic mass is 16.6. The van der Waals surface area contributed by atoms with E-state index in [1.165, 1.54) is 6.42 Å². The Kier molecular flexibility index (Phi) is 3.40. The number of rotatable bonds is 2. The molecule has 0 aromatic carbocycles. The van der Waals surface area contributed by atoms with E-state index >= 15 is 0 Å². The fourth-order valence-corrected chi connectivity index (χ4v) is 3.51. The van der Waals surface area contributed by atoms with E-state index in [4.69, 9.17) is 5.73 Å². The second-order valence-electron chi connectivity index (χ2n) is 5.88. The Morgan fingerprint density at radius 1 is 1.29 bits per heavy atom. The van der Waals surface area contributed by atoms with Crippen molar-refractivity contribution in [3.05, 3.63) is 15.8 Å². The number of aryl methyl sites for hydroxylation is 1. The van der Waals surface area contributed by atoms with Crippen molar-refractivity contribution in [2.75, 3.05) is 30.8 Å². The number of hydrogen-bond donors (Lipinski definition) is 1. The van der Waals surface area contributed by atoms with Gasteiger partial charge in [-0.3, -0.25) is 15.0 Å². The van der Waals surface area contributed by atoms with Gasteiger partial charge in [0.15, 0.2) is 0 Å². The Morgan fingerprint density at radius 2 is 2.00 bits per heavy atom. The predicted octanol–water partition coefficient (Wildman–Crippen LogP) is 0.948. The minimum absolute atomic E-state index is 0.0235. The fourth-order valence-electron chi connectivity index (χ4n) is 3.51. The van der Waals surface area contributed by atoms with Crippen LogP contribution in [0.1, 0.15) is 25.0 Å². The van der Waals surface area contributed by atoms with Crippen LogP contribution in [-0.2, 0) is 0 Å². The third-order valence-electron chi connectivity index (χ3n) is 4.69. The average Bonchev–Trinajstić information content (AvgIpc) is 2.61. The second-order valence-corrected chi connectivity index (χ2v) is 5.88. The van der Waals surface area contributed by atoms with Crippen LogP contribution in [0.4, 0.5) is 17.5 Å². The molecule has 0 aliphatic carbocycles. The number of hydrogen-bond acceptors (Lipinski definition) is 7. The van der Waals surface area contributed by atoms with Gasteiger partial charge in [0.1, 0.15) is 5.69 Å². The Bertz CT molecular complexity index is 578. The van der Waals surface area contributed by atoms with Gasteiger partial charge in [0.2, 0.25) is 11.8 Å². The summed E-state index contributed by atoms with van der Waals surface area (Å²) in [7, 11) is 2.14. The molecule has 2 bridgehead atoms. The maximum Gasteiger partial charge on any atom is 0.332 e. The van der Waals surface area contributed by atoms with Crippen molar-refractivity contribution in [2.45, 2.75) is 38.3 Å². The van der Waals surface area contributed by atoms with E-state index in [0.29, 0.717) is 23.6 Å². The quantitative estimate of drug-likeness (QED) is 0.639. The first-order chi connectivity index (χ1) is 9.97. The highest BCUT2D eigenvalue weighted by Gasteiger charge is 2.37. The second kappa shape index (κ2) is 5.10. The molecule has 0 saturated carbocycles. The molecule has 0 spiro atoms. The molecule has 2 aliphatic rings. The standard InChI is InChI=1S/C13H20N6O2/c1-8-11(19(20)21)12(16-13(14)15-8)18-6-5-9-3-4-10(7-18)17(9)2/h9-10H,3-7H2,1-2H3,(H2,14,15,16). The number of nitrogens with two attached hydrogens (primary N) is 1. The monoisotopic (exact) mass is 292 g/mol. The van der Waals surface area contributed by atoms with E-state index in [0.717, 1.165) is 25.9 Å². The summed E-state index contributed by atoms with van der Waals surface area (Å²) in [5.41, 5.74) is 6.00. The molecule has 0 radical (unpaired) electrons. The van der Waals surface area contributed by atoms with Gasteiger partial charge in [0, 0.05) is 25.2 Å². The smallest absolute Gasteiger partial charge is 0.332 e. The molecule has 2 atom stereocenters. The average molecular weight is 292 g/mol. The Morgan fingerprint density at radius 3 is 2.71 bits per heavy atom. The van der Waals surface area contributed by atoms with E-state index in [1.807, 2.05) is 4.90 Å². The molecule has 21 heavy (non-hydrogen) atoms. The molecular formula is C13H20N6O2. The van der Waals surface area contributed by atoms with Crippen LogP contribution in [0.25, 0.3) is 0 Å². The third kappa shape index (κ3) is 2.39. The van der Waals surface area contributed by atoms with Crippen molar-refractivity contribution in [3.8, 4) is 0 Å². The number of likely N-dealkylation sites (N-methyl/N-ethyl adjacent to an activating group) is 1. The van der Waals surface area contributed by atoms with Gasteiger partial charge >= 0.3 is 5.69 Å². The van der Waals surface area contributed by atoms with Gasteiger partial charge in [-0.2, -0.15) is 4.98 Å². The first kappa shape index (κ1) is 14.0. The summed E-state index contributed by atoms with van der Waals surface area (Å²) in [6.07, 6.45) is 3.33. The van der Waals surface area contributed by atoms with E-state index in [-0.39, 0.29) is 11.6 Å². The molecule has 114 valence electrons. The Labute approximate surface area is 123 Å².